The third kappa shape index (κ3) is 1.95. The SMILES string of the molecule is COc1ccc2cccc3c2c1[C@@H](CC(=O)O)CC3. The largest absolute Gasteiger partial charge is 0.496 e. The van der Waals surface area contributed by atoms with Gasteiger partial charge in [-0.3, -0.25) is 4.79 Å². The molecular weight excluding hydrogens is 240 g/mol. The smallest absolute Gasteiger partial charge is 0.303 e. The molecule has 0 saturated heterocycles. The zero-order valence-electron chi connectivity index (χ0n) is 10.8. The first kappa shape index (κ1) is 12.0. The van der Waals surface area contributed by atoms with E-state index in [4.69, 9.17) is 9.84 Å². The van der Waals surface area contributed by atoms with E-state index in [2.05, 4.69) is 18.2 Å². The van der Waals surface area contributed by atoms with Crippen LogP contribution in [0.5, 0.6) is 5.75 Å². The summed E-state index contributed by atoms with van der Waals surface area (Å²) in [7, 11) is 1.65. The maximum atomic E-state index is 11.1. The van der Waals surface area contributed by atoms with Crippen LogP contribution in [0, 0.1) is 0 Å². The van der Waals surface area contributed by atoms with E-state index in [9.17, 15) is 4.79 Å². The van der Waals surface area contributed by atoms with Crippen LogP contribution in [0.25, 0.3) is 10.8 Å². The molecule has 0 bridgehead atoms. The summed E-state index contributed by atoms with van der Waals surface area (Å²) >= 11 is 0. The molecular formula is C16H16O3. The van der Waals surface area contributed by atoms with Crippen molar-refractivity contribution < 1.29 is 14.6 Å². The lowest BCUT2D eigenvalue weighted by atomic mass is 9.79. The molecule has 0 fully saturated rings. The van der Waals surface area contributed by atoms with Gasteiger partial charge in [-0.05, 0) is 41.2 Å². The van der Waals surface area contributed by atoms with Crippen LogP contribution < -0.4 is 4.74 Å². The van der Waals surface area contributed by atoms with E-state index in [0.717, 1.165) is 24.2 Å². The summed E-state index contributed by atoms with van der Waals surface area (Å²) in [6.45, 7) is 0. The lowest BCUT2D eigenvalue weighted by Crippen LogP contribution is -2.14. The highest BCUT2D eigenvalue weighted by atomic mass is 16.5. The monoisotopic (exact) mass is 256 g/mol. The fourth-order valence-electron chi connectivity index (χ4n) is 3.15. The minimum absolute atomic E-state index is 0.0473. The van der Waals surface area contributed by atoms with Crippen LogP contribution in [-0.2, 0) is 11.2 Å². The minimum Gasteiger partial charge on any atom is -0.496 e. The Bertz CT molecular complexity index is 646. The summed E-state index contributed by atoms with van der Waals surface area (Å²) < 4.78 is 5.45. The first-order valence-electron chi connectivity index (χ1n) is 6.51. The van der Waals surface area contributed by atoms with Crippen molar-refractivity contribution in [1.29, 1.82) is 0 Å². The van der Waals surface area contributed by atoms with Crippen LogP contribution >= 0.6 is 0 Å². The number of methoxy groups -OCH3 is 1. The van der Waals surface area contributed by atoms with E-state index in [1.807, 2.05) is 12.1 Å². The molecule has 0 unspecified atom stereocenters. The van der Waals surface area contributed by atoms with Crippen LogP contribution in [-0.4, -0.2) is 18.2 Å². The zero-order chi connectivity index (χ0) is 13.4. The van der Waals surface area contributed by atoms with Crippen LogP contribution in [0.1, 0.15) is 29.9 Å². The maximum Gasteiger partial charge on any atom is 0.303 e. The fourth-order valence-corrected chi connectivity index (χ4v) is 3.15. The molecule has 2 aromatic carbocycles. The van der Waals surface area contributed by atoms with Crippen LogP contribution in [0.2, 0.25) is 0 Å². The number of rotatable bonds is 3. The third-order valence-corrected chi connectivity index (χ3v) is 3.94. The number of aliphatic carboxylic acids is 1. The molecule has 1 atom stereocenters. The Morgan fingerprint density at radius 2 is 2.21 bits per heavy atom. The molecule has 0 amide bonds. The molecule has 3 heteroatoms. The topological polar surface area (TPSA) is 46.5 Å². The number of ether oxygens (including phenoxy) is 1. The second-order valence-corrected chi connectivity index (χ2v) is 5.03. The molecule has 98 valence electrons. The van der Waals surface area contributed by atoms with Gasteiger partial charge < -0.3 is 9.84 Å². The Kier molecular flexibility index (Phi) is 2.90. The molecule has 3 nitrogen and oxygen atoms in total. The van der Waals surface area contributed by atoms with E-state index >= 15 is 0 Å². The summed E-state index contributed by atoms with van der Waals surface area (Å²) in [5.74, 6) is 0.111. The van der Waals surface area contributed by atoms with Gasteiger partial charge in [0.2, 0.25) is 0 Å². The van der Waals surface area contributed by atoms with E-state index in [0.29, 0.717) is 0 Å². The van der Waals surface area contributed by atoms with Gasteiger partial charge in [0, 0.05) is 5.56 Å². The molecule has 3 rings (SSSR count). The van der Waals surface area contributed by atoms with Gasteiger partial charge in [-0.15, -0.1) is 0 Å². The summed E-state index contributed by atoms with van der Waals surface area (Å²) in [6, 6.07) is 10.3. The molecule has 0 aliphatic heterocycles. The number of carboxylic acid groups (broad SMARTS) is 1. The predicted molar refractivity (Wildman–Crippen MR) is 73.8 cm³/mol. The van der Waals surface area contributed by atoms with Crippen molar-refractivity contribution in [2.45, 2.75) is 25.2 Å². The Hall–Kier alpha value is -2.03. The molecule has 2 aromatic rings. The highest BCUT2D eigenvalue weighted by molar-refractivity contribution is 5.92. The fraction of sp³-hybridized carbons (Fsp3) is 0.312. The average Bonchev–Trinajstić information content (AvgIpc) is 2.41. The molecule has 0 saturated carbocycles. The van der Waals surface area contributed by atoms with Gasteiger partial charge in [0.15, 0.2) is 0 Å². The normalized spacial score (nSPS) is 17.4. The third-order valence-electron chi connectivity index (χ3n) is 3.94. The quantitative estimate of drug-likeness (QED) is 0.916. The van der Waals surface area contributed by atoms with Crippen molar-refractivity contribution >= 4 is 16.7 Å². The number of carboxylic acids is 1. The van der Waals surface area contributed by atoms with Crippen molar-refractivity contribution in [3.05, 3.63) is 41.5 Å². The Morgan fingerprint density at radius 1 is 1.37 bits per heavy atom. The molecule has 1 aliphatic carbocycles. The van der Waals surface area contributed by atoms with E-state index in [-0.39, 0.29) is 12.3 Å². The summed E-state index contributed by atoms with van der Waals surface area (Å²) in [4.78, 5) is 11.1. The predicted octanol–water partition coefficient (Wildman–Crippen LogP) is 3.35. The van der Waals surface area contributed by atoms with E-state index in [1.54, 1.807) is 7.11 Å². The van der Waals surface area contributed by atoms with Gasteiger partial charge >= 0.3 is 5.97 Å². The van der Waals surface area contributed by atoms with Crippen molar-refractivity contribution in [3.63, 3.8) is 0 Å². The Morgan fingerprint density at radius 3 is 2.95 bits per heavy atom. The second kappa shape index (κ2) is 4.57. The number of carbonyl (C=O) groups is 1. The van der Waals surface area contributed by atoms with Gasteiger partial charge in [0.25, 0.3) is 0 Å². The number of aryl methyl sites for hydroxylation is 1. The van der Waals surface area contributed by atoms with Gasteiger partial charge in [0.1, 0.15) is 5.75 Å². The summed E-state index contributed by atoms with van der Waals surface area (Å²) in [6.07, 6.45) is 1.98. The summed E-state index contributed by atoms with van der Waals surface area (Å²) in [5, 5.41) is 11.5. The first-order valence-corrected chi connectivity index (χ1v) is 6.51. The van der Waals surface area contributed by atoms with Crippen LogP contribution in [0.3, 0.4) is 0 Å². The van der Waals surface area contributed by atoms with Gasteiger partial charge in [-0.2, -0.15) is 0 Å². The maximum absolute atomic E-state index is 11.1. The lowest BCUT2D eigenvalue weighted by Gasteiger charge is -2.26. The molecule has 1 N–H and O–H groups in total. The number of benzene rings is 2. The van der Waals surface area contributed by atoms with Gasteiger partial charge in [0.05, 0.1) is 13.5 Å². The van der Waals surface area contributed by atoms with Crippen molar-refractivity contribution in [2.24, 2.45) is 0 Å². The van der Waals surface area contributed by atoms with Gasteiger partial charge in [-0.25, -0.2) is 0 Å². The van der Waals surface area contributed by atoms with Crippen LogP contribution in [0.15, 0.2) is 30.3 Å². The lowest BCUT2D eigenvalue weighted by molar-refractivity contribution is -0.137. The molecule has 0 aromatic heterocycles. The van der Waals surface area contributed by atoms with Crippen LogP contribution in [0.4, 0.5) is 0 Å². The van der Waals surface area contributed by atoms with Crippen molar-refractivity contribution in [3.8, 4) is 5.75 Å². The standard InChI is InChI=1S/C16H16O3/c1-19-13-8-7-11-4-2-3-10-5-6-12(9-14(17)18)16(13)15(10)11/h2-4,7-8,12H,5-6,9H2,1H3,(H,17,18)/t12-/m1/s1. The number of hydrogen-bond donors (Lipinski definition) is 1. The summed E-state index contributed by atoms with van der Waals surface area (Å²) in [5.41, 5.74) is 2.37. The molecule has 0 heterocycles. The minimum atomic E-state index is -0.747. The van der Waals surface area contributed by atoms with Gasteiger partial charge in [-0.1, -0.05) is 24.3 Å². The zero-order valence-corrected chi connectivity index (χ0v) is 10.8. The van der Waals surface area contributed by atoms with Crippen molar-refractivity contribution in [1.82, 2.24) is 0 Å². The molecule has 1 aliphatic rings. The Labute approximate surface area is 111 Å². The second-order valence-electron chi connectivity index (χ2n) is 5.03. The molecule has 0 spiro atoms. The Balaban J connectivity index is 2.26. The number of hydrogen-bond acceptors (Lipinski definition) is 2. The molecule has 19 heavy (non-hydrogen) atoms. The van der Waals surface area contributed by atoms with E-state index in [1.165, 1.54) is 16.3 Å². The average molecular weight is 256 g/mol. The highest BCUT2D eigenvalue weighted by Gasteiger charge is 2.26. The highest BCUT2D eigenvalue weighted by Crippen LogP contribution is 2.43. The molecule has 0 radical (unpaired) electrons. The van der Waals surface area contributed by atoms with E-state index < -0.39 is 5.97 Å². The first-order chi connectivity index (χ1) is 9.20. The van der Waals surface area contributed by atoms with Crippen molar-refractivity contribution in [2.75, 3.05) is 7.11 Å².